The van der Waals surface area contributed by atoms with Gasteiger partial charge in [0.25, 0.3) is 0 Å². The summed E-state index contributed by atoms with van der Waals surface area (Å²) in [6.07, 6.45) is 0.000119. The summed E-state index contributed by atoms with van der Waals surface area (Å²) >= 11 is 6.05. The van der Waals surface area contributed by atoms with Crippen LogP contribution in [0, 0.1) is 6.92 Å². The fourth-order valence-electron chi connectivity index (χ4n) is 2.11. The van der Waals surface area contributed by atoms with Crippen LogP contribution in [-0.4, -0.2) is 35.4 Å². The van der Waals surface area contributed by atoms with Crippen molar-refractivity contribution >= 4 is 34.9 Å². The van der Waals surface area contributed by atoms with Gasteiger partial charge in [-0.25, -0.2) is 14.6 Å². The van der Waals surface area contributed by atoms with Gasteiger partial charge in [-0.1, -0.05) is 17.7 Å². The number of hydrogen-bond donors (Lipinski definition) is 1. The van der Waals surface area contributed by atoms with Crippen LogP contribution in [-0.2, 0) is 14.3 Å². The first-order valence-electron chi connectivity index (χ1n) is 6.47. The summed E-state index contributed by atoms with van der Waals surface area (Å²) in [5, 5.41) is 15.3. The predicted octanol–water partition coefficient (Wildman–Crippen LogP) is 2.23. The normalized spacial score (nSPS) is 17.6. The topological polar surface area (TPSA) is 79.2 Å². The number of benzene rings is 1. The first kappa shape index (κ1) is 15.3. The van der Waals surface area contributed by atoms with Crippen LogP contribution in [0.4, 0.5) is 5.69 Å². The number of hydrogen-bond acceptors (Lipinski definition) is 5. The molecule has 6 nitrogen and oxygen atoms in total. The van der Waals surface area contributed by atoms with E-state index in [1.807, 2.05) is 0 Å². The molecule has 1 aromatic rings. The second-order valence-corrected chi connectivity index (χ2v) is 4.96. The lowest BCUT2D eigenvalue weighted by Gasteiger charge is -2.22. The number of aliphatic carboxylic acids is 1. The van der Waals surface area contributed by atoms with E-state index in [9.17, 15) is 14.7 Å². The van der Waals surface area contributed by atoms with Gasteiger partial charge in [-0.05, 0) is 31.5 Å². The van der Waals surface area contributed by atoms with Crippen molar-refractivity contribution in [3.63, 3.8) is 0 Å². The van der Waals surface area contributed by atoms with Gasteiger partial charge in [0.05, 0.1) is 12.3 Å². The molecule has 0 bridgehead atoms. The molecule has 0 aromatic heterocycles. The molecule has 21 heavy (non-hydrogen) atoms. The molecule has 1 aromatic carbocycles. The lowest BCUT2D eigenvalue weighted by molar-refractivity contribution is -0.138. The number of carboxylic acids is 1. The maximum absolute atomic E-state index is 11.7. The summed E-state index contributed by atoms with van der Waals surface area (Å²) < 4.78 is 4.88. The molecule has 0 fully saturated rings. The van der Waals surface area contributed by atoms with Crippen molar-refractivity contribution in [2.24, 2.45) is 5.10 Å². The Balaban J connectivity index is 2.40. The maximum atomic E-state index is 11.7. The summed E-state index contributed by atoms with van der Waals surface area (Å²) in [7, 11) is 0. The van der Waals surface area contributed by atoms with Gasteiger partial charge < -0.3 is 9.84 Å². The Kier molecular flexibility index (Phi) is 4.47. The van der Waals surface area contributed by atoms with Gasteiger partial charge in [-0.3, -0.25) is 0 Å². The van der Waals surface area contributed by atoms with Crippen LogP contribution in [0.5, 0.6) is 0 Å². The Bertz CT molecular complexity index is 615. The molecule has 1 heterocycles. The number of esters is 1. The van der Waals surface area contributed by atoms with E-state index < -0.39 is 18.0 Å². The lowest BCUT2D eigenvalue weighted by atomic mass is 10.1. The van der Waals surface area contributed by atoms with Crippen LogP contribution in [0.25, 0.3) is 0 Å². The molecule has 1 aliphatic rings. The number of carbonyl (C=O) groups excluding carboxylic acids is 1. The highest BCUT2D eigenvalue weighted by Crippen LogP contribution is 2.31. The number of carbonyl (C=O) groups is 2. The van der Waals surface area contributed by atoms with Crippen molar-refractivity contribution in [2.45, 2.75) is 26.3 Å². The number of hydrazone groups is 1. The van der Waals surface area contributed by atoms with E-state index in [4.69, 9.17) is 16.3 Å². The minimum atomic E-state index is -1.06. The molecule has 0 unspecified atom stereocenters. The Hall–Kier alpha value is -2.08. The number of ether oxygens (including phenoxy) is 1. The molecule has 0 radical (unpaired) electrons. The fraction of sp³-hybridized carbons (Fsp3) is 0.357. The zero-order valence-corrected chi connectivity index (χ0v) is 12.4. The van der Waals surface area contributed by atoms with E-state index in [1.165, 1.54) is 5.01 Å². The number of rotatable bonds is 4. The van der Waals surface area contributed by atoms with E-state index >= 15 is 0 Å². The summed E-state index contributed by atoms with van der Waals surface area (Å²) in [6, 6.07) is 4.19. The highest BCUT2D eigenvalue weighted by Gasteiger charge is 2.37. The van der Waals surface area contributed by atoms with Crippen molar-refractivity contribution in [3.05, 3.63) is 28.8 Å². The summed E-state index contributed by atoms with van der Waals surface area (Å²) in [5.41, 5.74) is 1.37. The van der Waals surface area contributed by atoms with Crippen LogP contribution in [0.2, 0.25) is 5.02 Å². The van der Waals surface area contributed by atoms with Crippen LogP contribution >= 0.6 is 11.6 Å². The molecule has 0 saturated heterocycles. The minimum absolute atomic E-state index is 0.000119. The van der Waals surface area contributed by atoms with Gasteiger partial charge in [0, 0.05) is 11.4 Å². The summed E-state index contributed by atoms with van der Waals surface area (Å²) in [5.74, 6) is -1.65. The highest BCUT2D eigenvalue weighted by molar-refractivity contribution is 6.38. The van der Waals surface area contributed by atoms with Crippen LogP contribution in [0.15, 0.2) is 23.3 Å². The Morgan fingerprint density at radius 2 is 2.24 bits per heavy atom. The zero-order chi connectivity index (χ0) is 15.6. The predicted molar refractivity (Wildman–Crippen MR) is 78.8 cm³/mol. The van der Waals surface area contributed by atoms with Crippen molar-refractivity contribution in [3.8, 4) is 0 Å². The SMILES string of the molecule is CCOC(=O)C1=NN(c2cccc(Cl)c2C)[C@@H](C(=O)O)C1. The van der Waals surface area contributed by atoms with E-state index in [-0.39, 0.29) is 18.7 Å². The van der Waals surface area contributed by atoms with E-state index in [2.05, 4.69) is 5.10 Å². The standard InChI is InChI=1S/C14H15ClN2O4/c1-3-21-14(20)10-7-12(13(18)19)17(16-10)11-6-4-5-9(15)8(11)2/h4-6,12H,3,7H2,1-2H3,(H,18,19)/t12-/m1/s1. The largest absolute Gasteiger partial charge is 0.480 e. The number of halogens is 1. The Morgan fingerprint density at radius 1 is 1.52 bits per heavy atom. The molecule has 0 spiro atoms. The molecule has 0 saturated carbocycles. The number of anilines is 1. The lowest BCUT2D eigenvalue weighted by Crippen LogP contribution is -2.34. The number of carboxylic acid groups (broad SMARTS) is 1. The fourth-order valence-corrected chi connectivity index (χ4v) is 2.28. The second kappa shape index (κ2) is 6.13. The highest BCUT2D eigenvalue weighted by atomic mass is 35.5. The third-order valence-corrected chi connectivity index (χ3v) is 3.60. The molecular weight excluding hydrogens is 296 g/mol. The van der Waals surface area contributed by atoms with Crippen LogP contribution in [0.3, 0.4) is 0 Å². The average molecular weight is 311 g/mol. The first-order valence-corrected chi connectivity index (χ1v) is 6.85. The van der Waals surface area contributed by atoms with Crippen molar-refractivity contribution in [1.82, 2.24) is 0 Å². The van der Waals surface area contributed by atoms with E-state index in [0.717, 1.165) is 0 Å². The molecule has 2 rings (SSSR count). The molecule has 1 aliphatic heterocycles. The molecule has 1 atom stereocenters. The number of nitrogens with zero attached hydrogens (tertiary/aromatic N) is 2. The average Bonchev–Trinajstić information content (AvgIpc) is 2.87. The maximum Gasteiger partial charge on any atom is 0.354 e. The Morgan fingerprint density at radius 3 is 2.86 bits per heavy atom. The van der Waals surface area contributed by atoms with E-state index in [0.29, 0.717) is 16.3 Å². The third kappa shape index (κ3) is 3.00. The summed E-state index contributed by atoms with van der Waals surface area (Å²) in [4.78, 5) is 23.2. The Labute approximate surface area is 127 Å². The zero-order valence-electron chi connectivity index (χ0n) is 11.7. The smallest absolute Gasteiger partial charge is 0.354 e. The second-order valence-electron chi connectivity index (χ2n) is 4.55. The first-order chi connectivity index (χ1) is 9.95. The van der Waals surface area contributed by atoms with Gasteiger partial charge in [0.2, 0.25) is 0 Å². The van der Waals surface area contributed by atoms with E-state index in [1.54, 1.807) is 32.0 Å². The minimum Gasteiger partial charge on any atom is -0.480 e. The quantitative estimate of drug-likeness (QED) is 0.863. The van der Waals surface area contributed by atoms with Crippen molar-refractivity contribution in [2.75, 3.05) is 11.6 Å². The molecule has 0 aliphatic carbocycles. The molecule has 1 N–H and O–H groups in total. The van der Waals surface area contributed by atoms with Crippen LogP contribution < -0.4 is 5.01 Å². The molecular formula is C14H15ClN2O4. The van der Waals surface area contributed by atoms with Gasteiger partial charge in [0.1, 0.15) is 5.71 Å². The third-order valence-electron chi connectivity index (χ3n) is 3.19. The molecule has 0 amide bonds. The van der Waals surface area contributed by atoms with Gasteiger partial charge in [-0.2, -0.15) is 5.10 Å². The van der Waals surface area contributed by atoms with Gasteiger partial charge >= 0.3 is 11.9 Å². The van der Waals surface area contributed by atoms with Gasteiger partial charge in [-0.15, -0.1) is 0 Å². The van der Waals surface area contributed by atoms with Gasteiger partial charge in [0.15, 0.2) is 6.04 Å². The monoisotopic (exact) mass is 310 g/mol. The summed E-state index contributed by atoms with van der Waals surface area (Å²) in [6.45, 7) is 3.67. The van der Waals surface area contributed by atoms with Crippen molar-refractivity contribution in [1.29, 1.82) is 0 Å². The molecule has 7 heteroatoms. The van der Waals surface area contributed by atoms with Crippen molar-refractivity contribution < 1.29 is 19.4 Å². The molecule has 112 valence electrons. The van der Waals surface area contributed by atoms with Crippen LogP contribution in [0.1, 0.15) is 18.9 Å².